The first kappa shape index (κ1) is 28.6. The zero-order chi connectivity index (χ0) is 27.3. The van der Waals surface area contributed by atoms with Crippen molar-refractivity contribution < 1.29 is 18.4 Å². The van der Waals surface area contributed by atoms with Gasteiger partial charge in [-0.3, -0.25) is 9.59 Å². The van der Waals surface area contributed by atoms with E-state index < -0.39 is 0 Å². The van der Waals surface area contributed by atoms with Gasteiger partial charge in [0.15, 0.2) is 0 Å². The van der Waals surface area contributed by atoms with Gasteiger partial charge >= 0.3 is 0 Å². The molecule has 0 aromatic heterocycles. The first-order valence-electron chi connectivity index (χ1n) is 12.9. The van der Waals surface area contributed by atoms with E-state index in [2.05, 4.69) is 36.3 Å². The molecule has 2 amide bonds. The maximum atomic E-state index is 13.4. The molecule has 198 valence electrons. The molecule has 0 aliphatic carbocycles. The van der Waals surface area contributed by atoms with Crippen LogP contribution in [0.15, 0.2) is 72.8 Å². The molecule has 6 heteroatoms. The van der Waals surface area contributed by atoms with Crippen molar-refractivity contribution in [3.05, 3.63) is 107 Å². The molecule has 0 spiro atoms. The second kappa shape index (κ2) is 14.7. The maximum Gasteiger partial charge on any atom is 0.252 e. The van der Waals surface area contributed by atoms with Crippen LogP contribution in [0.3, 0.4) is 0 Å². The van der Waals surface area contributed by atoms with Gasteiger partial charge in [-0.15, -0.1) is 0 Å². The van der Waals surface area contributed by atoms with Gasteiger partial charge in [-0.1, -0.05) is 68.5 Å². The summed E-state index contributed by atoms with van der Waals surface area (Å²) in [4.78, 5) is 24.4. The molecule has 3 aromatic rings. The van der Waals surface area contributed by atoms with Gasteiger partial charge in [-0.25, -0.2) is 8.78 Å². The Hall–Kier alpha value is -3.98. The van der Waals surface area contributed by atoms with Crippen LogP contribution >= 0.6 is 0 Å². The fourth-order valence-corrected chi connectivity index (χ4v) is 4.15. The Kier molecular flexibility index (Phi) is 11.0. The van der Waals surface area contributed by atoms with Crippen molar-refractivity contribution in [2.45, 2.75) is 51.4 Å². The summed E-state index contributed by atoms with van der Waals surface area (Å²) in [6.45, 7) is 4.62. The summed E-state index contributed by atoms with van der Waals surface area (Å²) in [6.07, 6.45) is 2.58. The molecule has 0 radical (unpaired) electrons. The van der Waals surface area contributed by atoms with Crippen LogP contribution in [0.25, 0.3) is 0 Å². The van der Waals surface area contributed by atoms with E-state index in [1.165, 1.54) is 29.8 Å². The largest absolute Gasteiger partial charge is 0.345 e. The molecule has 0 saturated carbocycles. The Labute approximate surface area is 223 Å². The van der Waals surface area contributed by atoms with Crippen molar-refractivity contribution in [1.29, 1.82) is 0 Å². The van der Waals surface area contributed by atoms with Crippen molar-refractivity contribution in [3.63, 3.8) is 0 Å². The van der Waals surface area contributed by atoms with Crippen molar-refractivity contribution in [1.82, 2.24) is 10.6 Å². The third kappa shape index (κ3) is 9.15. The van der Waals surface area contributed by atoms with Crippen LogP contribution in [-0.2, 0) is 4.79 Å². The Morgan fingerprint density at radius 1 is 0.711 bits per heavy atom. The van der Waals surface area contributed by atoms with Gasteiger partial charge in [0.25, 0.3) is 5.91 Å². The number of unbranched alkanes of at least 4 members (excludes halogenated alkanes) is 1. The van der Waals surface area contributed by atoms with Crippen LogP contribution in [0.1, 0.15) is 78.4 Å². The summed E-state index contributed by atoms with van der Waals surface area (Å²) in [6, 6.07) is 20.2. The number of halogens is 2. The van der Waals surface area contributed by atoms with Crippen molar-refractivity contribution in [3.8, 4) is 11.8 Å². The second-order valence-corrected chi connectivity index (χ2v) is 9.49. The Balaban J connectivity index is 1.37. The highest BCUT2D eigenvalue weighted by Gasteiger charge is 2.15. The van der Waals surface area contributed by atoms with Gasteiger partial charge < -0.3 is 10.6 Å². The van der Waals surface area contributed by atoms with Crippen molar-refractivity contribution in [2.24, 2.45) is 0 Å². The molecule has 3 aromatic carbocycles. The van der Waals surface area contributed by atoms with Crippen LogP contribution in [0, 0.1) is 23.5 Å². The first-order chi connectivity index (χ1) is 18.3. The monoisotopic (exact) mass is 516 g/mol. The average molecular weight is 517 g/mol. The smallest absolute Gasteiger partial charge is 0.252 e. The lowest BCUT2D eigenvalue weighted by molar-refractivity contribution is -0.120. The summed E-state index contributed by atoms with van der Waals surface area (Å²) in [5.41, 5.74) is 3.68. The normalized spacial score (nSPS) is 10.7. The molecular formula is C32H34F2N2O2. The maximum absolute atomic E-state index is 13.4. The van der Waals surface area contributed by atoms with Gasteiger partial charge in [0.1, 0.15) is 11.6 Å². The lowest BCUT2D eigenvalue weighted by Gasteiger charge is -2.18. The van der Waals surface area contributed by atoms with E-state index in [1.807, 2.05) is 12.1 Å². The summed E-state index contributed by atoms with van der Waals surface area (Å²) in [7, 11) is 0. The van der Waals surface area contributed by atoms with Gasteiger partial charge in [0.05, 0.1) is 13.1 Å². The van der Waals surface area contributed by atoms with E-state index in [9.17, 15) is 18.4 Å². The van der Waals surface area contributed by atoms with E-state index in [0.29, 0.717) is 24.3 Å². The molecular weight excluding hydrogens is 482 g/mol. The minimum absolute atomic E-state index is 0.00604. The van der Waals surface area contributed by atoms with Gasteiger partial charge in [-0.2, -0.15) is 0 Å². The molecule has 0 saturated heterocycles. The van der Waals surface area contributed by atoms with Crippen molar-refractivity contribution >= 4 is 11.8 Å². The predicted molar refractivity (Wildman–Crippen MR) is 147 cm³/mol. The molecule has 0 unspecified atom stereocenters. The molecule has 4 nitrogen and oxygen atoms in total. The second-order valence-electron chi connectivity index (χ2n) is 9.49. The van der Waals surface area contributed by atoms with Crippen LogP contribution in [0.2, 0.25) is 0 Å². The van der Waals surface area contributed by atoms with E-state index >= 15 is 0 Å². The molecule has 0 aliphatic heterocycles. The molecule has 0 fully saturated rings. The lowest BCUT2D eigenvalue weighted by Crippen LogP contribution is -2.25. The lowest BCUT2D eigenvalue weighted by atomic mass is 9.87. The number of carbonyl (C=O) groups is 2. The van der Waals surface area contributed by atoms with Crippen molar-refractivity contribution in [2.75, 3.05) is 13.1 Å². The highest BCUT2D eigenvalue weighted by Crippen LogP contribution is 2.30. The Bertz CT molecular complexity index is 1200. The molecule has 2 N–H and O–H groups in total. The van der Waals surface area contributed by atoms with Gasteiger partial charge in [0.2, 0.25) is 5.91 Å². The summed E-state index contributed by atoms with van der Waals surface area (Å²) in [5.74, 6) is 5.23. The fourth-order valence-electron chi connectivity index (χ4n) is 4.15. The predicted octanol–water partition coefficient (Wildman–Crippen LogP) is 6.33. The summed E-state index contributed by atoms with van der Waals surface area (Å²) in [5, 5.41) is 5.53. The number of carbonyl (C=O) groups excluding carboxylic acids is 2. The minimum Gasteiger partial charge on any atom is -0.345 e. The third-order valence-corrected chi connectivity index (χ3v) is 6.37. The van der Waals surface area contributed by atoms with E-state index in [-0.39, 0.29) is 42.5 Å². The van der Waals surface area contributed by atoms with E-state index in [4.69, 9.17) is 0 Å². The number of nitrogens with one attached hydrogen (secondary N) is 2. The number of benzene rings is 3. The molecule has 38 heavy (non-hydrogen) atoms. The average Bonchev–Trinajstić information content (AvgIpc) is 2.92. The summed E-state index contributed by atoms with van der Waals surface area (Å²) < 4.78 is 26.8. The molecule has 0 heterocycles. The van der Waals surface area contributed by atoms with E-state index in [1.54, 1.807) is 36.4 Å². The highest BCUT2D eigenvalue weighted by molar-refractivity contribution is 5.94. The zero-order valence-electron chi connectivity index (χ0n) is 21.9. The molecule has 3 rings (SSSR count). The Morgan fingerprint density at radius 3 is 1.74 bits per heavy atom. The topological polar surface area (TPSA) is 58.2 Å². The molecule has 0 bridgehead atoms. The SMILES string of the molecule is CC(C)c1ccc(C(=O)NCC#CCNC(=O)CCCCC(c2ccc(F)cc2)c2ccc(F)cc2)cc1. The van der Waals surface area contributed by atoms with Crippen LogP contribution in [0.4, 0.5) is 8.78 Å². The van der Waals surface area contributed by atoms with Gasteiger partial charge in [-0.05, 0) is 71.8 Å². The molecule has 0 aliphatic rings. The third-order valence-electron chi connectivity index (χ3n) is 6.37. The first-order valence-corrected chi connectivity index (χ1v) is 12.9. The fraction of sp³-hybridized carbons (Fsp3) is 0.312. The van der Waals surface area contributed by atoms with Crippen LogP contribution in [0.5, 0.6) is 0 Å². The number of hydrogen-bond acceptors (Lipinski definition) is 2. The number of hydrogen-bond donors (Lipinski definition) is 2. The standard InChI is InChI=1S/C32H34F2N2O2/c1-23(2)24-9-11-27(12-10-24)32(38)36-22-6-5-21-35-31(37)8-4-3-7-30(25-13-17-28(33)18-14-25)26-15-19-29(34)20-16-26/h9-20,23,30H,3-4,7-8,21-22H2,1-2H3,(H,35,37)(H,36,38). The minimum atomic E-state index is -0.301. The van der Waals surface area contributed by atoms with Crippen LogP contribution in [-0.4, -0.2) is 24.9 Å². The Morgan fingerprint density at radius 2 is 1.21 bits per heavy atom. The molecule has 0 atom stereocenters. The number of rotatable bonds is 11. The highest BCUT2D eigenvalue weighted by atomic mass is 19.1. The number of amides is 2. The van der Waals surface area contributed by atoms with Gasteiger partial charge in [0, 0.05) is 17.9 Å². The van der Waals surface area contributed by atoms with E-state index in [0.717, 1.165) is 24.0 Å². The summed E-state index contributed by atoms with van der Waals surface area (Å²) >= 11 is 0. The zero-order valence-corrected chi connectivity index (χ0v) is 21.9. The van der Waals surface area contributed by atoms with Crippen LogP contribution < -0.4 is 10.6 Å². The quantitative estimate of drug-likeness (QED) is 0.231.